The molecule has 2 rings (SSSR count). The van der Waals surface area contributed by atoms with Crippen LogP contribution in [-0.2, 0) is 16.6 Å². The van der Waals surface area contributed by atoms with Gasteiger partial charge in [0.15, 0.2) is 0 Å². The second kappa shape index (κ2) is 6.77. The molecule has 1 aromatic rings. The molecule has 0 radical (unpaired) electrons. The Hall–Kier alpha value is -1.11. The van der Waals surface area contributed by atoms with Crippen LogP contribution in [0.25, 0.3) is 0 Å². The van der Waals surface area contributed by atoms with Crippen molar-refractivity contribution in [1.29, 1.82) is 0 Å². The van der Waals surface area contributed by atoms with Gasteiger partial charge in [0, 0.05) is 19.6 Å². The van der Waals surface area contributed by atoms with Crippen LogP contribution in [0.15, 0.2) is 23.1 Å². The lowest BCUT2D eigenvalue weighted by molar-refractivity contribution is 0.287. The Balaban J connectivity index is 2.31. The molecule has 0 aliphatic carbocycles. The molecule has 1 fully saturated rings. The molecule has 0 atom stereocenters. The first kappa shape index (κ1) is 16.3. The fourth-order valence-electron chi connectivity index (χ4n) is 2.60. The van der Waals surface area contributed by atoms with E-state index in [1.54, 1.807) is 16.4 Å². The lowest BCUT2D eigenvalue weighted by Crippen LogP contribution is -2.38. The molecule has 1 heterocycles. The highest BCUT2D eigenvalue weighted by molar-refractivity contribution is 7.89. The summed E-state index contributed by atoms with van der Waals surface area (Å²) in [7, 11) is -0.109. The van der Waals surface area contributed by atoms with E-state index in [9.17, 15) is 8.42 Å². The smallest absolute Gasteiger partial charge is 0.246 e. The van der Waals surface area contributed by atoms with Gasteiger partial charge in [-0.2, -0.15) is 4.31 Å². The molecule has 1 aliphatic heterocycles. The average molecular weight is 312 g/mol. The van der Waals surface area contributed by atoms with Crippen molar-refractivity contribution in [1.82, 2.24) is 9.62 Å². The molecule has 1 saturated heterocycles. The summed E-state index contributed by atoms with van der Waals surface area (Å²) in [5.41, 5.74) is 1.00. The number of hydrogen-bond acceptors (Lipinski definition) is 4. The molecule has 6 heteroatoms. The van der Waals surface area contributed by atoms with Gasteiger partial charge >= 0.3 is 0 Å². The van der Waals surface area contributed by atoms with Crippen molar-refractivity contribution in [2.45, 2.75) is 31.2 Å². The van der Waals surface area contributed by atoms with Gasteiger partial charge in [0.1, 0.15) is 10.6 Å². The highest BCUT2D eigenvalue weighted by Crippen LogP contribution is 2.30. The Morgan fingerprint density at radius 3 is 2.57 bits per heavy atom. The predicted molar refractivity (Wildman–Crippen MR) is 82.9 cm³/mol. The van der Waals surface area contributed by atoms with Crippen LogP contribution in [0.4, 0.5) is 0 Å². The first-order chi connectivity index (χ1) is 9.98. The summed E-state index contributed by atoms with van der Waals surface area (Å²) in [6, 6.07) is 5.27. The molecule has 1 N–H and O–H groups in total. The molecule has 21 heavy (non-hydrogen) atoms. The van der Waals surface area contributed by atoms with Gasteiger partial charge in [-0.15, -0.1) is 0 Å². The molecule has 0 spiro atoms. The minimum absolute atomic E-state index is 0.263. The molecule has 0 aromatic heterocycles. The van der Waals surface area contributed by atoms with E-state index in [2.05, 4.69) is 12.2 Å². The summed E-state index contributed by atoms with van der Waals surface area (Å²) in [4.78, 5) is 0.263. The van der Waals surface area contributed by atoms with Crippen molar-refractivity contribution in [2.75, 3.05) is 27.2 Å². The standard InChI is InChI=1S/C15H24N2O3S/c1-12-6-8-17(9-7-12)21(18,19)15-5-4-13(11-16-2)10-14(15)20-3/h4-5,10,12,16H,6-9,11H2,1-3H3. The predicted octanol–water partition coefficient (Wildman–Crippen LogP) is 1.84. The minimum Gasteiger partial charge on any atom is -0.495 e. The molecule has 5 nitrogen and oxygen atoms in total. The highest BCUT2D eigenvalue weighted by atomic mass is 32.2. The van der Waals surface area contributed by atoms with E-state index in [4.69, 9.17) is 4.74 Å². The van der Waals surface area contributed by atoms with Gasteiger partial charge in [0.05, 0.1) is 7.11 Å². The van der Waals surface area contributed by atoms with Gasteiger partial charge in [0.2, 0.25) is 10.0 Å². The number of rotatable bonds is 5. The summed E-state index contributed by atoms with van der Waals surface area (Å²) in [5, 5.41) is 3.05. The lowest BCUT2D eigenvalue weighted by Gasteiger charge is -2.29. The third-order valence-corrected chi connectivity index (χ3v) is 5.91. The first-order valence-corrected chi connectivity index (χ1v) is 8.74. The third kappa shape index (κ3) is 3.56. The number of nitrogens with one attached hydrogen (secondary N) is 1. The van der Waals surface area contributed by atoms with Gasteiger partial charge in [-0.05, 0) is 43.5 Å². The maximum Gasteiger partial charge on any atom is 0.246 e. The molecule has 118 valence electrons. The number of nitrogens with zero attached hydrogens (tertiary/aromatic N) is 1. The Kier molecular flexibility index (Phi) is 5.24. The molecule has 0 unspecified atom stereocenters. The van der Waals surface area contributed by atoms with Crippen molar-refractivity contribution in [3.05, 3.63) is 23.8 Å². The van der Waals surface area contributed by atoms with Crippen LogP contribution in [0, 0.1) is 5.92 Å². The van der Waals surface area contributed by atoms with Crippen molar-refractivity contribution >= 4 is 10.0 Å². The van der Waals surface area contributed by atoms with E-state index in [-0.39, 0.29) is 4.90 Å². The largest absolute Gasteiger partial charge is 0.495 e. The van der Waals surface area contributed by atoms with Crippen LogP contribution >= 0.6 is 0 Å². The first-order valence-electron chi connectivity index (χ1n) is 7.30. The Labute approximate surface area is 127 Å². The topological polar surface area (TPSA) is 58.6 Å². The van der Waals surface area contributed by atoms with Gasteiger partial charge < -0.3 is 10.1 Å². The summed E-state index contributed by atoms with van der Waals surface area (Å²) in [6.07, 6.45) is 1.83. The maximum absolute atomic E-state index is 12.8. The van der Waals surface area contributed by atoms with Gasteiger partial charge in [-0.3, -0.25) is 0 Å². The normalized spacial score (nSPS) is 17.9. The van der Waals surface area contributed by atoms with Crippen LogP contribution in [0.5, 0.6) is 5.75 Å². The second-order valence-corrected chi connectivity index (χ2v) is 7.51. The van der Waals surface area contributed by atoms with Gasteiger partial charge in [0.25, 0.3) is 0 Å². The van der Waals surface area contributed by atoms with Crippen LogP contribution < -0.4 is 10.1 Å². The Bertz CT molecular complexity index is 579. The molecular formula is C15H24N2O3S. The lowest BCUT2D eigenvalue weighted by atomic mass is 10.0. The Morgan fingerprint density at radius 1 is 1.33 bits per heavy atom. The second-order valence-electron chi connectivity index (χ2n) is 5.60. The molecular weight excluding hydrogens is 288 g/mol. The summed E-state index contributed by atoms with van der Waals surface area (Å²) >= 11 is 0. The third-order valence-electron chi connectivity index (χ3n) is 3.97. The summed E-state index contributed by atoms with van der Waals surface area (Å²) in [5.74, 6) is 1.01. The van der Waals surface area contributed by atoms with E-state index >= 15 is 0 Å². The Morgan fingerprint density at radius 2 is 2.00 bits per heavy atom. The van der Waals surface area contributed by atoms with Crippen LogP contribution in [-0.4, -0.2) is 40.0 Å². The number of ether oxygens (including phenoxy) is 1. The number of piperidine rings is 1. The van der Waals surface area contributed by atoms with Crippen molar-refractivity contribution in [3.8, 4) is 5.75 Å². The fraction of sp³-hybridized carbons (Fsp3) is 0.600. The maximum atomic E-state index is 12.8. The van der Waals surface area contributed by atoms with Gasteiger partial charge in [-0.1, -0.05) is 13.0 Å². The van der Waals surface area contributed by atoms with Crippen LogP contribution in [0.2, 0.25) is 0 Å². The highest BCUT2D eigenvalue weighted by Gasteiger charge is 2.30. The minimum atomic E-state index is -3.47. The number of hydrogen-bond donors (Lipinski definition) is 1. The number of methoxy groups -OCH3 is 1. The molecule has 0 saturated carbocycles. The van der Waals surface area contributed by atoms with Crippen molar-refractivity contribution in [2.24, 2.45) is 5.92 Å². The van der Waals surface area contributed by atoms with Gasteiger partial charge in [-0.25, -0.2) is 8.42 Å². The number of sulfonamides is 1. The van der Waals surface area contributed by atoms with Crippen LogP contribution in [0.3, 0.4) is 0 Å². The number of benzene rings is 1. The molecule has 1 aromatic carbocycles. The zero-order valence-electron chi connectivity index (χ0n) is 12.9. The zero-order valence-corrected chi connectivity index (χ0v) is 13.7. The van der Waals surface area contributed by atoms with E-state index in [0.717, 1.165) is 18.4 Å². The van der Waals surface area contributed by atoms with E-state index in [1.165, 1.54) is 7.11 Å². The summed E-state index contributed by atoms with van der Waals surface area (Å²) < 4.78 is 32.4. The van der Waals surface area contributed by atoms with E-state index in [1.807, 2.05) is 13.1 Å². The van der Waals surface area contributed by atoms with Crippen molar-refractivity contribution < 1.29 is 13.2 Å². The quantitative estimate of drug-likeness (QED) is 0.901. The van der Waals surface area contributed by atoms with Crippen molar-refractivity contribution in [3.63, 3.8) is 0 Å². The SMILES string of the molecule is CNCc1ccc(S(=O)(=O)N2CCC(C)CC2)c(OC)c1. The van der Waals surface area contributed by atoms with E-state index in [0.29, 0.717) is 31.3 Å². The molecule has 0 amide bonds. The average Bonchev–Trinajstić information content (AvgIpc) is 2.47. The molecule has 1 aliphatic rings. The monoisotopic (exact) mass is 312 g/mol. The zero-order chi connectivity index (χ0) is 15.5. The molecule has 0 bridgehead atoms. The van der Waals surface area contributed by atoms with E-state index < -0.39 is 10.0 Å². The van der Waals surface area contributed by atoms with Crippen LogP contribution in [0.1, 0.15) is 25.3 Å². The summed E-state index contributed by atoms with van der Waals surface area (Å²) in [6.45, 7) is 4.02. The fourth-order valence-corrected chi connectivity index (χ4v) is 4.21.